The summed E-state index contributed by atoms with van der Waals surface area (Å²) in [7, 11) is -2.82. The largest absolute Gasteiger partial charge is 0.527 e. The lowest BCUT2D eigenvalue weighted by molar-refractivity contribution is 0.112. The van der Waals surface area contributed by atoms with Crippen molar-refractivity contribution in [3.8, 4) is 11.5 Å². The summed E-state index contributed by atoms with van der Waals surface area (Å²) >= 11 is 0. The zero-order chi connectivity index (χ0) is 13.8. The molecule has 0 fully saturated rings. The van der Waals surface area contributed by atoms with Gasteiger partial charge in [-0.3, -0.25) is 14.2 Å². The molecular formula is C11H15O6P. The molecule has 0 spiro atoms. The van der Waals surface area contributed by atoms with Gasteiger partial charge in [0, 0.05) is 6.07 Å². The molecule has 1 aromatic rings. The normalized spacial score (nSPS) is 14.1. The fourth-order valence-corrected chi connectivity index (χ4v) is 2.21. The molecule has 1 atom stereocenters. The summed E-state index contributed by atoms with van der Waals surface area (Å²) in [6, 6.07) is 4.31. The number of aldehydes is 1. The van der Waals surface area contributed by atoms with Gasteiger partial charge >= 0.3 is 7.82 Å². The number of hydrogen-bond donors (Lipinski definition) is 1. The Hall–Kier alpha value is -1.36. The van der Waals surface area contributed by atoms with Crippen LogP contribution in [-0.2, 0) is 9.09 Å². The number of phosphoric ester groups is 1. The summed E-state index contributed by atoms with van der Waals surface area (Å²) in [5.41, 5.74) is 0.137. The second-order valence-corrected chi connectivity index (χ2v) is 5.07. The maximum Gasteiger partial charge on any atom is 0.527 e. The summed E-state index contributed by atoms with van der Waals surface area (Å²) in [5, 5.41) is 0. The van der Waals surface area contributed by atoms with Crippen molar-refractivity contribution in [2.24, 2.45) is 0 Å². The van der Waals surface area contributed by atoms with Gasteiger partial charge in [0.25, 0.3) is 0 Å². The Morgan fingerprint density at radius 1 is 1.39 bits per heavy atom. The quantitative estimate of drug-likeness (QED) is 0.633. The highest BCUT2D eigenvalue weighted by Gasteiger charge is 2.26. The van der Waals surface area contributed by atoms with Gasteiger partial charge in [0.1, 0.15) is 11.5 Å². The summed E-state index contributed by atoms with van der Waals surface area (Å²) in [6.07, 6.45) is 0.0376. The second-order valence-electron chi connectivity index (χ2n) is 3.74. The SMILES string of the molecule is COc1ccc(C=O)c(OP(=O)(O)OC(C)C)c1. The number of benzene rings is 1. The summed E-state index contributed by atoms with van der Waals surface area (Å²) < 4.78 is 26.2. The third kappa shape index (κ3) is 4.14. The number of methoxy groups -OCH3 is 1. The molecule has 0 amide bonds. The third-order valence-electron chi connectivity index (χ3n) is 1.91. The lowest BCUT2D eigenvalue weighted by atomic mass is 10.2. The molecule has 100 valence electrons. The van der Waals surface area contributed by atoms with E-state index < -0.39 is 13.9 Å². The van der Waals surface area contributed by atoms with Crippen molar-refractivity contribution in [3.63, 3.8) is 0 Å². The molecular weight excluding hydrogens is 259 g/mol. The molecule has 0 aromatic heterocycles. The topological polar surface area (TPSA) is 82.1 Å². The van der Waals surface area contributed by atoms with Gasteiger partial charge in [-0.25, -0.2) is 4.57 Å². The van der Waals surface area contributed by atoms with Gasteiger partial charge in [-0.1, -0.05) is 0 Å². The molecule has 0 aliphatic heterocycles. The number of phosphoric acid groups is 1. The maximum atomic E-state index is 11.6. The van der Waals surface area contributed by atoms with E-state index in [1.807, 2.05) is 0 Å². The molecule has 0 bridgehead atoms. The average molecular weight is 274 g/mol. The van der Waals surface area contributed by atoms with Crippen molar-refractivity contribution in [2.75, 3.05) is 7.11 Å². The van der Waals surface area contributed by atoms with Gasteiger partial charge in [0.15, 0.2) is 6.29 Å². The minimum Gasteiger partial charge on any atom is -0.497 e. The molecule has 0 heterocycles. The summed E-state index contributed by atoms with van der Waals surface area (Å²) in [4.78, 5) is 20.3. The van der Waals surface area contributed by atoms with E-state index in [2.05, 4.69) is 0 Å². The van der Waals surface area contributed by atoms with Crippen molar-refractivity contribution in [3.05, 3.63) is 23.8 Å². The second kappa shape index (κ2) is 6.00. The Bertz CT molecular complexity index is 471. The van der Waals surface area contributed by atoms with Crippen LogP contribution in [0, 0.1) is 0 Å². The van der Waals surface area contributed by atoms with E-state index >= 15 is 0 Å². The number of carbonyl (C=O) groups excluding carboxylic acids is 1. The molecule has 1 rings (SSSR count). The van der Waals surface area contributed by atoms with Gasteiger partial charge in [-0.15, -0.1) is 0 Å². The standard InChI is InChI=1S/C11H15O6P/c1-8(2)16-18(13,14)17-11-6-10(15-3)5-4-9(11)7-12/h4-8H,1-3H3,(H,13,14). The Morgan fingerprint density at radius 3 is 2.56 bits per heavy atom. The first-order valence-electron chi connectivity index (χ1n) is 5.22. The molecule has 6 nitrogen and oxygen atoms in total. The summed E-state index contributed by atoms with van der Waals surface area (Å²) in [6.45, 7) is 3.19. The first kappa shape index (κ1) is 14.7. The zero-order valence-electron chi connectivity index (χ0n) is 10.3. The monoisotopic (exact) mass is 274 g/mol. The van der Waals surface area contributed by atoms with E-state index in [0.717, 1.165) is 0 Å². The minimum absolute atomic E-state index is 0.0594. The van der Waals surface area contributed by atoms with Crippen LogP contribution >= 0.6 is 7.82 Å². The number of hydrogen-bond acceptors (Lipinski definition) is 5. The number of carbonyl (C=O) groups is 1. The van der Waals surface area contributed by atoms with E-state index in [-0.39, 0.29) is 11.3 Å². The van der Waals surface area contributed by atoms with Crippen LogP contribution in [0.25, 0.3) is 0 Å². The molecule has 18 heavy (non-hydrogen) atoms. The minimum atomic E-state index is -4.26. The predicted molar refractivity (Wildman–Crippen MR) is 65.1 cm³/mol. The van der Waals surface area contributed by atoms with Crippen molar-refractivity contribution in [1.29, 1.82) is 0 Å². The van der Waals surface area contributed by atoms with Gasteiger partial charge in [0.2, 0.25) is 0 Å². The third-order valence-corrected chi connectivity index (χ3v) is 3.02. The van der Waals surface area contributed by atoms with Crippen LogP contribution in [0.2, 0.25) is 0 Å². The van der Waals surface area contributed by atoms with Gasteiger partial charge in [-0.05, 0) is 26.0 Å². The Labute approximate surface area is 105 Å². The first-order chi connectivity index (χ1) is 8.38. The van der Waals surface area contributed by atoms with Crippen LogP contribution in [0.3, 0.4) is 0 Å². The Morgan fingerprint density at radius 2 is 2.06 bits per heavy atom. The molecule has 7 heteroatoms. The van der Waals surface area contributed by atoms with Gasteiger partial charge in [-0.2, -0.15) is 0 Å². The highest BCUT2D eigenvalue weighted by atomic mass is 31.2. The molecule has 1 N–H and O–H groups in total. The van der Waals surface area contributed by atoms with E-state index in [1.54, 1.807) is 19.9 Å². The van der Waals surface area contributed by atoms with E-state index in [4.69, 9.17) is 13.8 Å². The Kier molecular flexibility index (Phi) is 4.90. The van der Waals surface area contributed by atoms with Crippen molar-refractivity contribution in [2.45, 2.75) is 20.0 Å². The van der Waals surface area contributed by atoms with Crippen LogP contribution in [-0.4, -0.2) is 24.4 Å². The van der Waals surface area contributed by atoms with E-state index in [1.165, 1.54) is 19.2 Å². The fourth-order valence-electron chi connectivity index (χ4n) is 1.23. The smallest absolute Gasteiger partial charge is 0.497 e. The molecule has 0 aliphatic carbocycles. The Balaban J connectivity index is 3.01. The molecule has 0 saturated heterocycles. The van der Waals surface area contributed by atoms with Crippen LogP contribution in [0.5, 0.6) is 11.5 Å². The van der Waals surface area contributed by atoms with Crippen LogP contribution in [0.4, 0.5) is 0 Å². The average Bonchev–Trinajstić information content (AvgIpc) is 2.26. The molecule has 0 saturated carbocycles. The van der Waals surface area contributed by atoms with Gasteiger partial charge < -0.3 is 9.26 Å². The van der Waals surface area contributed by atoms with Crippen molar-refractivity contribution >= 4 is 14.1 Å². The molecule has 1 aromatic carbocycles. The number of rotatable bonds is 6. The van der Waals surface area contributed by atoms with Crippen LogP contribution in [0.15, 0.2) is 18.2 Å². The fraction of sp³-hybridized carbons (Fsp3) is 0.364. The first-order valence-corrected chi connectivity index (χ1v) is 6.71. The van der Waals surface area contributed by atoms with Crippen molar-refractivity contribution in [1.82, 2.24) is 0 Å². The lowest BCUT2D eigenvalue weighted by Crippen LogP contribution is -2.05. The van der Waals surface area contributed by atoms with Crippen LogP contribution < -0.4 is 9.26 Å². The summed E-state index contributed by atoms with van der Waals surface area (Å²) in [5.74, 6) is 0.344. The lowest BCUT2D eigenvalue weighted by Gasteiger charge is -2.16. The number of ether oxygens (including phenoxy) is 1. The van der Waals surface area contributed by atoms with Crippen molar-refractivity contribution < 1.29 is 28.0 Å². The molecule has 1 unspecified atom stereocenters. The molecule has 0 radical (unpaired) electrons. The van der Waals surface area contributed by atoms with Crippen LogP contribution in [0.1, 0.15) is 24.2 Å². The maximum absolute atomic E-state index is 11.6. The van der Waals surface area contributed by atoms with E-state index in [9.17, 15) is 14.3 Å². The zero-order valence-corrected chi connectivity index (χ0v) is 11.2. The highest BCUT2D eigenvalue weighted by Crippen LogP contribution is 2.46. The highest BCUT2D eigenvalue weighted by molar-refractivity contribution is 7.47. The predicted octanol–water partition coefficient (Wildman–Crippen LogP) is 2.41. The van der Waals surface area contributed by atoms with Gasteiger partial charge in [0.05, 0.1) is 18.8 Å². The molecule has 0 aliphatic rings. The van der Waals surface area contributed by atoms with E-state index in [0.29, 0.717) is 12.0 Å².